The number of carbonyl (C=O) groups excluding carboxylic acids is 1. The number of carboxylic acid groups (broad SMARTS) is 1. The van der Waals surface area contributed by atoms with Gasteiger partial charge in [0.15, 0.2) is 0 Å². The van der Waals surface area contributed by atoms with Gasteiger partial charge in [-0.05, 0) is 111 Å². The van der Waals surface area contributed by atoms with Gasteiger partial charge in [-0.2, -0.15) is 10.2 Å². The molecule has 2 saturated carbocycles. The van der Waals surface area contributed by atoms with Crippen molar-refractivity contribution in [3.05, 3.63) is 81.5 Å². The number of carboxylic acids is 1. The molecule has 0 saturated heterocycles. The van der Waals surface area contributed by atoms with Crippen LogP contribution in [0.15, 0.2) is 24.3 Å². The van der Waals surface area contributed by atoms with Crippen molar-refractivity contribution in [1.82, 2.24) is 40.3 Å². The maximum atomic E-state index is 12.3. The minimum atomic E-state index is -0.710. The van der Waals surface area contributed by atoms with Crippen LogP contribution in [-0.2, 0) is 27.2 Å². The summed E-state index contributed by atoms with van der Waals surface area (Å²) in [5, 5.41) is 23.8. The molecule has 6 rings (SSSR count). The Bertz CT molecular complexity index is 1780. The molecule has 4 aromatic rings. The summed E-state index contributed by atoms with van der Waals surface area (Å²) in [5.41, 5.74) is 6.73. The van der Waals surface area contributed by atoms with Crippen LogP contribution in [0.5, 0.6) is 0 Å². The number of aliphatic carboxylic acids is 1. The summed E-state index contributed by atoms with van der Waals surface area (Å²) in [5.74, 6) is 1.20. The van der Waals surface area contributed by atoms with Crippen molar-refractivity contribution in [3.63, 3.8) is 0 Å². The standard InChI is InChI=1S/C19H26N4O2.C17H22N4O2.Li.H2O/c1-5-25-18(24)19(4)7-6-14(11-19)16-9-12(2)20-17(21-16)10-15-8-13(3)22-23-15;1-10-7-14(12-4-5-17(3,9-12)16(22)23)19-15(18-10)8-13-6-11(2)20-21-13;;/h8-9,14H,5-7,10-11H2,1-4H3,(H,22,23);6-7,12H,4-5,8-9H2,1-3H3,(H,20,21)(H,22,23);;1H2/q;;+1;/p-1/t14-,19-;12-,17-;;/m11../s1. The van der Waals surface area contributed by atoms with Gasteiger partial charge >= 0.3 is 30.8 Å². The van der Waals surface area contributed by atoms with Crippen LogP contribution in [0.2, 0.25) is 0 Å². The number of aromatic nitrogens is 8. The molecule has 50 heavy (non-hydrogen) atoms. The molecule has 2 fully saturated rings. The van der Waals surface area contributed by atoms with Crippen molar-refractivity contribution < 1.29 is 43.8 Å². The number of nitrogens with zero attached hydrogens (tertiary/aromatic N) is 6. The average Bonchev–Trinajstić information content (AvgIpc) is 3.82. The second-order valence-electron chi connectivity index (χ2n) is 14.2. The fourth-order valence-corrected chi connectivity index (χ4v) is 7.01. The number of aromatic amines is 2. The topological polar surface area (TPSA) is 203 Å². The molecule has 2 aliphatic rings. The van der Waals surface area contributed by atoms with Gasteiger partial charge in [0.25, 0.3) is 0 Å². The van der Waals surface area contributed by atoms with Gasteiger partial charge < -0.3 is 15.3 Å². The van der Waals surface area contributed by atoms with Crippen molar-refractivity contribution in [2.45, 2.75) is 112 Å². The van der Waals surface area contributed by atoms with Crippen molar-refractivity contribution in [3.8, 4) is 0 Å². The molecular formula is C36H49LiN8O5. The van der Waals surface area contributed by atoms with E-state index in [1.165, 1.54) is 0 Å². The monoisotopic (exact) mass is 680 g/mol. The molecule has 264 valence electrons. The number of H-pyrrole nitrogens is 2. The van der Waals surface area contributed by atoms with Crippen LogP contribution in [0.4, 0.5) is 0 Å². The van der Waals surface area contributed by atoms with E-state index in [0.29, 0.717) is 32.3 Å². The van der Waals surface area contributed by atoms with Crippen molar-refractivity contribution >= 4 is 11.9 Å². The van der Waals surface area contributed by atoms with E-state index in [1.807, 2.05) is 72.7 Å². The van der Waals surface area contributed by atoms with Crippen LogP contribution in [0.25, 0.3) is 0 Å². The number of esters is 1. The van der Waals surface area contributed by atoms with Crippen LogP contribution in [0, 0.1) is 38.5 Å². The van der Waals surface area contributed by atoms with Crippen LogP contribution in [-0.4, -0.2) is 69.5 Å². The fourth-order valence-electron chi connectivity index (χ4n) is 7.01. The summed E-state index contributed by atoms with van der Waals surface area (Å²) in [6, 6.07) is 8.03. The molecular weight excluding hydrogens is 631 g/mol. The largest absolute Gasteiger partial charge is 1.00 e. The molecule has 4 aromatic heterocycles. The van der Waals surface area contributed by atoms with Gasteiger partial charge in [0.05, 0.1) is 41.7 Å². The number of ether oxygens (including phenoxy) is 1. The Hall–Kier alpha value is -3.92. The molecule has 13 nitrogen and oxygen atoms in total. The third kappa shape index (κ3) is 9.86. The summed E-state index contributed by atoms with van der Waals surface area (Å²) in [7, 11) is 0. The molecule has 0 spiro atoms. The van der Waals surface area contributed by atoms with E-state index in [1.54, 1.807) is 0 Å². The van der Waals surface area contributed by atoms with E-state index in [0.717, 1.165) is 82.9 Å². The van der Waals surface area contributed by atoms with E-state index >= 15 is 0 Å². The number of nitrogens with one attached hydrogen (secondary N) is 2. The second kappa shape index (κ2) is 16.9. The third-order valence-corrected chi connectivity index (χ3v) is 9.64. The van der Waals surface area contributed by atoms with Crippen molar-refractivity contribution in [1.29, 1.82) is 0 Å². The minimum Gasteiger partial charge on any atom is -0.870 e. The smallest absolute Gasteiger partial charge is 0.870 e. The first-order valence-electron chi connectivity index (χ1n) is 16.9. The van der Waals surface area contributed by atoms with E-state index in [9.17, 15) is 14.7 Å². The Morgan fingerprint density at radius 3 is 1.60 bits per heavy atom. The maximum absolute atomic E-state index is 12.3. The molecule has 0 aromatic carbocycles. The van der Waals surface area contributed by atoms with Crippen LogP contribution < -0.4 is 18.9 Å². The summed E-state index contributed by atoms with van der Waals surface area (Å²) in [6.07, 6.45) is 5.97. The molecule has 4 heterocycles. The summed E-state index contributed by atoms with van der Waals surface area (Å²) >= 11 is 0. The first-order chi connectivity index (χ1) is 22.7. The Morgan fingerprint density at radius 2 is 1.22 bits per heavy atom. The molecule has 2 aliphatic carbocycles. The number of aryl methyl sites for hydroxylation is 4. The summed E-state index contributed by atoms with van der Waals surface area (Å²) in [6.45, 7) is 14.0. The van der Waals surface area contributed by atoms with Gasteiger partial charge in [-0.3, -0.25) is 19.8 Å². The molecule has 0 radical (unpaired) electrons. The molecule has 0 amide bonds. The van der Waals surface area contributed by atoms with Gasteiger partial charge in [-0.15, -0.1) is 0 Å². The SMILES string of the molecule is CCOC(=O)[C@]1(C)CC[C@@H](c2cc(C)nc(Cc3cc(C)[nH]n3)n2)C1.Cc1cc([C@@H]2CC[C@@](C)(C(=O)O)C2)nc(Cc2cc(C)[nH]n2)n1.[Li+].[OH-]. The number of rotatable bonds is 9. The van der Waals surface area contributed by atoms with E-state index in [-0.39, 0.29) is 42.1 Å². The molecule has 4 N–H and O–H groups in total. The minimum absolute atomic E-state index is 0. The third-order valence-electron chi connectivity index (χ3n) is 9.64. The van der Waals surface area contributed by atoms with Gasteiger partial charge in [-0.1, -0.05) is 0 Å². The van der Waals surface area contributed by atoms with Gasteiger partial charge in [-0.25, -0.2) is 19.9 Å². The number of carbonyl (C=O) groups is 2. The predicted octanol–water partition coefficient (Wildman–Crippen LogP) is 2.84. The van der Waals surface area contributed by atoms with E-state index in [2.05, 4.69) is 35.3 Å². The summed E-state index contributed by atoms with van der Waals surface area (Å²) < 4.78 is 5.26. The molecule has 4 atom stereocenters. The number of hydrogen-bond donors (Lipinski definition) is 3. The molecule has 0 unspecified atom stereocenters. The number of hydrogen-bond acceptors (Lipinski definition) is 10. The predicted molar refractivity (Wildman–Crippen MR) is 181 cm³/mol. The molecule has 0 aliphatic heterocycles. The first kappa shape index (κ1) is 40.5. The first-order valence-corrected chi connectivity index (χ1v) is 16.9. The van der Waals surface area contributed by atoms with Crippen molar-refractivity contribution in [2.24, 2.45) is 10.8 Å². The van der Waals surface area contributed by atoms with Gasteiger partial charge in [0, 0.05) is 46.0 Å². The van der Waals surface area contributed by atoms with Crippen LogP contribution in [0.3, 0.4) is 0 Å². The summed E-state index contributed by atoms with van der Waals surface area (Å²) in [4.78, 5) is 42.2. The average molecular weight is 681 g/mol. The van der Waals surface area contributed by atoms with Crippen molar-refractivity contribution in [2.75, 3.05) is 6.61 Å². The molecule has 0 bridgehead atoms. The Balaban J connectivity index is 0.000000261. The van der Waals surface area contributed by atoms with E-state index < -0.39 is 16.8 Å². The van der Waals surface area contributed by atoms with Gasteiger partial charge in [0.1, 0.15) is 11.6 Å². The zero-order valence-electron chi connectivity index (χ0n) is 30.6. The second-order valence-corrected chi connectivity index (χ2v) is 14.2. The molecule has 14 heteroatoms. The fraction of sp³-hybridized carbons (Fsp3) is 0.556. The normalized spacial score (nSPS) is 22.5. The zero-order valence-corrected chi connectivity index (χ0v) is 30.6. The quantitative estimate of drug-likeness (QED) is 0.173. The van der Waals surface area contributed by atoms with Crippen LogP contribution >= 0.6 is 0 Å². The Kier molecular flexibility index (Phi) is 13.7. The zero-order chi connectivity index (χ0) is 34.6. The Labute approximate surface area is 305 Å². The van der Waals surface area contributed by atoms with E-state index in [4.69, 9.17) is 9.72 Å². The van der Waals surface area contributed by atoms with Gasteiger partial charge in [0.2, 0.25) is 0 Å². The maximum Gasteiger partial charge on any atom is 1.00 e. The Morgan fingerprint density at radius 1 is 0.780 bits per heavy atom. The van der Waals surface area contributed by atoms with Crippen LogP contribution in [0.1, 0.15) is 128 Å².